The van der Waals surface area contributed by atoms with E-state index in [4.69, 9.17) is 9.84 Å². The van der Waals surface area contributed by atoms with Crippen molar-refractivity contribution in [2.45, 2.75) is 12.8 Å². The van der Waals surface area contributed by atoms with Crippen molar-refractivity contribution in [2.24, 2.45) is 0 Å². The molecule has 0 aliphatic rings. The van der Waals surface area contributed by atoms with Gasteiger partial charge >= 0.3 is 11.9 Å². The molecule has 0 atom stereocenters. The van der Waals surface area contributed by atoms with Gasteiger partial charge in [0.1, 0.15) is 0 Å². The first-order valence-electron chi connectivity index (χ1n) is 5.53. The van der Waals surface area contributed by atoms with Crippen LogP contribution in [0.3, 0.4) is 0 Å². The monoisotopic (exact) mass is 612 g/mol. The summed E-state index contributed by atoms with van der Waals surface area (Å²) in [5, 5.41) is 8.90. The van der Waals surface area contributed by atoms with E-state index in [1.54, 1.807) is 0 Å². The zero-order valence-electron chi connectivity index (χ0n) is 10.3. The summed E-state index contributed by atoms with van der Waals surface area (Å²) in [5.74, 6) is -1.28. The van der Waals surface area contributed by atoms with Crippen LogP contribution >= 0.6 is 67.8 Å². The van der Waals surface area contributed by atoms with Gasteiger partial charge in [-0.25, -0.2) is 4.79 Å². The van der Waals surface area contributed by atoms with Crippen LogP contribution in [-0.4, -0.2) is 23.7 Å². The van der Waals surface area contributed by atoms with E-state index in [9.17, 15) is 9.59 Å². The topological polar surface area (TPSA) is 63.6 Å². The van der Waals surface area contributed by atoms with Crippen LogP contribution in [-0.2, 0) is 27.2 Å². The molecule has 1 aromatic carbocycles. The smallest absolute Gasteiger partial charge is 0.330 e. The molecule has 0 fully saturated rings. The van der Waals surface area contributed by atoms with E-state index in [2.05, 4.69) is 74.4 Å². The lowest BCUT2D eigenvalue weighted by Crippen LogP contribution is -2.10. The third-order valence-electron chi connectivity index (χ3n) is 2.43. The van der Waals surface area contributed by atoms with Crippen LogP contribution in [0.15, 0.2) is 18.7 Å². The summed E-state index contributed by atoms with van der Waals surface area (Å²) in [4.78, 5) is 21.8. The number of hydrogen-bond acceptors (Lipinski definition) is 3. The number of benzene rings is 1. The molecule has 0 aromatic heterocycles. The van der Waals surface area contributed by atoms with Gasteiger partial charge in [0.25, 0.3) is 0 Å². The molecule has 0 bridgehead atoms. The van der Waals surface area contributed by atoms with E-state index >= 15 is 0 Å². The maximum Gasteiger partial charge on any atom is 0.330 e. The largest absolute Gasteiger partial charge is 0.481 e. The van der Waals surface area contributed by atoms with Crippen LogP contribution in [0.2, 0.25) is 0 Å². The van der Waals surface area contributed by atoms with Gasteiger partial charge in [-0.3, -0.25) is 4.79 Å². The van der Waals surface area contributed by atoms with E-state index in [0.29, 0.717) is 6.42 Å². The van der Waals surface area contributed by atoms with Gasteiger partial charge in [0, 0.05) is 23.2 Å². The highest BCUT2D eigenvalue weighted by Gasteiger charge is 2.15. The Bertz CT molecular complexity index is 555. The molecule has 0 spiro atoms. The number of aliphatic carboxylic acids is 1. The molecule has 108 valence electrons. The molecule has 0 amide bonds. The first kappa shape index (κ1) is 18.1. The molecule has 7 heteroatoms. The van der Waals surface area contributed by atoms with E-state index < -0.39 is 11.9 Å². The number of carbonyl (C=O) groups is 2. The average Bonchev–Trinajstić information content (AvgIpc) is 2.38. The number of carboxylic acid groups (broad SMARTS) is 1. The van der Waals surface area contributed by atoms with Gasteiger partial charge in [-0.1, -0.05) is 6.58 Å². The van der Waals surface area contributed by atoms with Crippen molar-refractivity contribution in [1.82, 2.24) is 0 Å². The molecular formula is C13H11I3O4. The molecule has 0 saturated carbocycles. The van der Waals surface area contributed by atoms with Crippen LogP contribution in [0.25, 0.3) is 0 Å². The summed E-state index contributed by atoms with van der Waals surface area (Å²) in [7, 11) is 0. The molecule has 0 unspecified atom stereocenters. The fourth-order valence-electron chi connectivity index (χ4n) is 1.52. The number of ether oxygens (including phenoxy) is 1. The van der Waals surface area contributed by atoms with Crippen molar-refractivity contribution in [1.29, 1.82) is 0 Å². The van der Waals surface area contributed by atoms with Crippen molar-refractivity contribution < 1.29 is 19.4 Å². The molecule has 1 rings (SSSR count). The van der Waals surface area contributed by atoms with Gasteiger partial charge in [-0.05, 0) is 85.0 Å². The van der Waals surface area contributed by atoms with Crippen LogP contribution in [0.4, 0.5) is 0 Å². The van der Waals surface area contributed by atoms with Crippen LogP contribution in [0.1, 0.15) is 11.1 Å². The number of carboxylic acids is 1. The lowest BCUT2D eigenvalue weighted by molar-refractivity contribution is -0.138. The molecule has 0 aliphatic heterocycles. The Kier molecular flexibility index (Phi) is 7.72. The van der Waals surface area contributed by atoms with Gasteiger partial charge < -0.3 is 9.84 Å². The highest BCUT2D eigenvalue weighted by Crippen LogP contribution is 2.28. The quantitative estimate of drug-likeness (QED) is 0.232. The van der Waals surface area contributed by atoms with Gasteiger partial charge in [-0.15, -0.1) is 0 Å². The Morgan fingerprint density at radius 3 is 2.50 bits per heavy atom. The standard InChI is InChI=1S/C13H11I3O4/c1-2-11(19)20-4-3-8-9(14)5-7(6-10(17)18)12(15)13(8)16/h2,5H,1,3-4,6H2,(H,17,18). The summed E-state index contributed by atoms with van der Waals surface area (Å²) in [6.45, 7) is 3.62. The van der Waals surface area contributed by atoms with Crippen molar-refractivity contribution >= 4 is 79.7 Å². The van der Waals surface area contributed by atoms with Gasteiger partial charge in [0.05, 0.1) is 13.0 Å². The van der Waals surface area contributed by atoms with Crippen molar-refractivity contribution in [3.8, 4) is 0 Å². The van der Waals surface area contributed by atoms with E-state index in [1.807, 2.05) is 6.07 Å². The predicted molar refractivity (Wildman–Crippen MR) is 101 cm³/mol. The lowest BCUT2D eigenvalue weighted by atomic mass is 10.1. The molecule has 1 aromatic rings. The van der Waals surface area contributed by atoms with E-state index in [1.165, 1.54) is 0 Å². The first-order chi connectivity index (χ1) is 9.36. The SMILES string of the molecule is C=CC(=O)OCCc1c(I)cc(CC(=O)O)c(I)c1I. The van der Waals surface area contributed by atoms with Crippen LogP contribution < -0.4 is 0 Å². The minimum absolute atomic E-state index is 0.00993. The second-order valence-corrected chi connectivity index (χ2v) is 7.14. The molecule has 0 radical (unpaired) electrons. The molecule has 0 heterocycles. The van der Waals surface area contributed by atoms with Crippen LogP contribution in [0, 0.1) is 10.7 Å². The summed E-state index contributed by atoms with van der Waals surface area (Å²) in [5.41, 5.74) is 1.88. The van der Waals surface area contributed by atoms with Gasteiger partial charge in [0.2, 0.25) is 0 Å². The number of rotatable bonds is 6. The van der Waals surface area contributed by atoms with Gasteiger partial charge in [0.15, 0.2) is 0 Å². The molecular weight excluding hydrogens is 601 g/mol. The maximum atomic E-state index is 11.0. The second-order valence-electron chi connectivity index (χ2n) is 3.82. The van der Waals surface area contributed by atoms with E-state index in [0.717, 1.165) is 27.9 Å². The maximum absolute atomic E-state index is 11.0. The zero-order chi connectivity index (χ0) is 15.3. The highest BCUT2D eigenvalue weighted by molar-refractivity contribution is 14.1. The van der Waals surface area contributed by atoms with Crippen molar-refractivity contribution in [3.63, 3.8) is 0 Å². The van der Waals surface area contributed by atoms with Crippen LogP contribution in [0.5, 0.6) is 0 Å². The normalized spacial score (nSPS) is 10.2. The molecule has 0 aliphatic carbocycles. The summed E-state index contributed by atoms with van der Waals surface area (Å²) in [6.07, 6.45) is 1.74. The van der Waals surface area contributed by atoms with Crippen molar-refractivity contribution in [2.75, 3.05) is 6.61 Å². The minimum atomic E-state index is -0.845. The highest BCUT2D eigenvalue weighted by atomic mass is 127. The zero-order valence-corrected chi connectivity index (χ0v) is 16.8. The van der Waals surface area contributed by atoms with E-state index in [-0.39, 0.29) is 13.0 Å². The minimum Gasteiger partial charge on any atom is -0.481 e. The van der Waals surface area contributed by atoms with Crippen molar-refractivity contribution in [3.05, 3.63) is 40.6 Å². The third-order valence-corrected chi connectivity index (χ3v) is 6.85. The summed E-state index contributed by atoms with van der Waals surface area (Å²) >= 11 is 6.54. The molecule has 4 nitrogen and oxygen atoms in total. The molecule has 20 heavy (non-hydrogen) atoms. The Balaban J connectivity index is 2.93. The Morgan fingerprint density at radius 1 is 1.30 bits per heavy atom. The number of esters is 1. The number of carbonyl (C=O) groups excluding carboxylic acids is 1. The number of halogens is 3. The fraction of sp³-hybridized carbons (Fsp3) is 0.231. The summed E-state index contributed by atoms with van der Waals surface area (Å²) < 4.78 is 7.92. The van der Waals surface area contributed by atoms with Gasteiger partial charge in [-0.2, -0.15) is 0 Å². The summed E-state index contributed by atoms with van der Waals surface area (Å²) in [6, 6.07) is 1.88. The Hall–Kier alpha value is 0.0900. The molecule has 1 N–H and O–H groups in total. The predicted octanol–water partition coefficient (Wildman–Crippen LogP) is 3.40. The average molecular weight is 612 g/mol. The second kappa shape index (κ2) is 8.51. The Morgan fingerprint density at radius 2 is 1.95 bits per heavy atom. The fourth-order valence-corrected chi connectivity index (χ4v) is 4.52. The first-order valence-corrected chi connectivity index (χ1v) is 8.76. The molecule has 0 saturated heterocycles. The third kappa shape index (κ3) is 5.13. The number of hydrogen-bond donors (Lipinski definition) is 1. The lowest BCUT2D eigenvalue weighted by Gasteiger charge is -2.13. The Labute approximate surface area is 157 Å².